The summed E-state index contributed by atoms with van der Waals surface area (Å²) in [5.74, 6) is 0. The van der Waals surface area contributed by atoms with E-state index in [1.807, 2.05) is 6.20 Å². The Morgan fingerprint density at radius 3 is 2.36 bits per heavy atom. The van der Waals surface area contributed by atoms with Crippen LogP contribution in [0.5, 0.6) is 0 Å². The third kappa shape index (κ3) is 3.71. The highest BCUT2D eigenvalue weighted by atomic mass is 15.1. The van der Waals surface area contributed by atoms with Crippen molar-refractivity contribution in [3.8, 4) is 0 Å². The van der Waals surface area contributed by atoms with E-state index in [1.54, 1.807) is 0 Å². The predicted molar refractivity (Wildman–Crippen MR) is 119 cm³/mol. The second-order valence-corrected chi connectivity index (χ2v) is 7.20. The van der Waals surface area contributed by atoms with Crippen LogP contribution in [0.1, 0.15) is 26.0 Å². The fraction of sp³-hybridized carbons (Fsp3) is 0.333. The number of fused-ring (bicyclic) bond motifs is 5. The maximum Gasteiger partial charge on any atom is 0.0975 e. The minimum absolute atomic E-state index is 0.776. The van der Waals surface area contributed by atoms with Gasteiger partial charge in [-0.1, -0.05) is 62.4 Å². The molecule has 0 unspecified atom stereocenters. The number of pyridine rings is 2. The third-order valence-electron chi connectivity index (χ3n) is 5.53. The number of nitrogens with zero attached hydrogens (tertiary/aromatic N) is 3. The van der Waals surface area contributed by atoms with E-state index in [1.165, 1.54) is 16.2 Å². The molecule has 4 heteroatoms. The lowest BCUT2D eigenvalue weighted by atomic mass is 10.0. The van der Waals surface area contributed by atoms with Crippen LogP contribution in [-0.4, -0.2) is 41.0 Å². The van der Waals surface area contributed by atoms with Crippen molar-refractivity contribution in [2.75, 3.05) is 26.2 Å². The smallest absolute Gasteiger partial charge is 0.0975 e. The Balaban J connectivity index is 1.64. The molecule has 0 spiro atoms. The summed E-state index contributed by atoms with van der Waals surface area (Å²) in [5, 5.41) is 8.27. The molecular formula is C24H28N4. The van der Waals surface area contributed by atoms with Crippen LogP contribution in [0.2, 0.25) is 0 Å². The lowest BCUT2D eigenvalue weighted by Gasteiger charge is -2.17. The van der Waals surface area contributed by atoms with Crippen LogP contribution in [0.15, 0.2) is 54.7 Å². The molecule has 0 aliphatic rings. The fourth-order valence-electron chi connectivity index (χ4n) is 3.90. The first kappa shape index (κ1) is 18.8. The Morgan fingerprint density at radius 1 is 0.857 bits per heavy atom. The maximum atomic E-state index is 5.06. The molecule has 0 aliphatic heterocycles. The van der Waals surface area contributed by atoms with Gasteiger partial charge < -0.3 is 10.2 Å². The van der Waals surface area contributed by atoms with Crippen LogP contribution in [0.3, 0.4) is 0 Å². The minimum Gasteiger partial charge on any atom is -0.311 e. The number of aromatic nitrogens is 2. The molecule has 0 aliphatic carbocycles. The van der Waals surface area contributed by atoms with Gasteiger partial charge >= 0.3 is 0 Å². The van der Waals surface area contributed by atoms with Crippen LogP contribution in [0.25, 0.3) is 32.6 Å². The lowest BCUT2D eigenvalue weighted by molar-refractivity contribution is 0.298. The van der Waals surface area contributed by atoms with Crippen molar-refractivity contribution in [2.45, 2.75) is 26.8 Å². The molecular weight excluding hydrogens is 344 g/mol. The van der Waals surface area contributed by atoms with Crippen LogP contribution in [0.4, 0.5) is 0 Å². The van der Waals surface area contributed by atoms with E-state index in [4.69, 9.17) is 9.97 Å². The topological polar surface area (TPSA) is 41.0 Å². The highest BCUT2D eigenvalue weighted by molar-refractivity contribution is 6.13. The second kappa shape index (κ2) is 8.63. The van der Waals surface area contributed by atoms with Crippen molar-refractivity contribution in [3.05, 3.63) is 60.4 Å². The molecule has 0 saturated carbocycles. The summed E-state index contributed by atoms with van der Waals surface area (Å²) in [4.78, 5) is 12.3. The minimum atomic E-state index is 0.776. The molecule has 0 radical (unpaired) electrons. The molecule has 2 aromatic heterocycles. The molecule has 4 rings (SSSR count). The molecule has 0 saturated heterocycles. The van der Waals surface area contributed by atoms with Crippen molar-refractivity contribution in [1.29, 1.82) is 0 Å². The van der Waals surface area contributed by atoms with Gasteiger partial charge in [0.2, 0.25) is 0 Å². The van der Waals surface area contributed by atoms with Gasteiger partial charge in [0.25, 0.3) is 0 Å². The zero-order valence-corrected chi connectivity index (χ0v) is 16.8. The van der Waals surface area contributed by atoms with E-state index in [2.05, 4.69) is 72.6 Å². The van der Waals surface area contributed by atoms with E-state index in [0.717, 1.165) is 61.3 Å². The molecule has 4 aromatic rings. The first-order valence-electron chi connectivity index (χ1n) is 10.3. The molecule has 0 atom stereocenters. The van der Waals surface area contributed by atoms with E-state index >= 15 is 0 Å². The van der Waals surface area contributed by atoms with Gasteiger partial charge in [0.15, 0.2) is 0 Å². The highest BCUT2D eigenvalue weighted by Gasteiger charge is 2.11. The number of benzene rings is 2. The van der Waals surface area contributed by atoms with Crippen molar-refractivity contribution in [2.24, 2.45) is 0 Å². The molecule has 4 nitrogen and oxygen atoms in total. The Hall–Kier alpha value is -2.56. The number of hydrogen-bond acceptors (Lipinski definition) is 4. The van der Waals surface area contributed by atoms with Gasteiger partial charge in [0.05, 0.1) is 16.7 Å². The zero-order valence-electron chi connectivity index (χ0n) is 16.8. The van der Waals surface area contributed by atoms with Gasteiger partial charge in [-0.15, -0.1) is 0 Å². The second-order valence-electron chi connectivity index (χ2n) is 7.20. The summed E-state index contributed by atoms with van der Waals surface area (Å²) in [7, 11) is 0. The molecule has 2 aromatic carbocycles. The molecule has 0 fully saturated rings. The van der Waals surface area contributed by atoms with Gasteiger partial charge in [0.1, 0.15) is 0 Å². The quantitative estimate of drug-likeness (QED) is 0.358. The standard InChI is InChI=1S/C24H28N4/c1-3-28(4-2)15-9-14-25-17-22-20-12-7-8-13-21(20)23-24(27-22)19-11-6-5-10-18(19)16-26-23/h5-8,10-13,16,25H,3-4,9,14-15,17H2,1-2H3. The number of nitrogens with one attached hydrogen (secondary N) is 1. The first-order valence-corrected chi connectivity index (χ1v) is 10.3. The molecule has 0 bridgehead atoms. The predicted octanol–water partition coefficient (Wildman–Crippen LogP) is 4.76. The van der Waals surface area contributed by atoms with Gasteiger partial charge in [0, 0.05) is 34.3 Å². The maximum absolute atomic E-state index is 5.06. The summed E-state index contributed by atoms with van der Waals surface area (Å²) in [6.07, 6.45) is 3.11. The molecule has 28 heavy (non-hydrogen) atoms. The van der Waals surface area contributed by atoms with Crippen molar-refractivity contribution in [3.63, 3.8) is 0 Å². The Kier molecular flexibility index (Phi) is 5.79. The Labute approximate surface area is 166 Å². The monoisotopic (exact) mass is 372 g/mol. The van der Waals surface area contributed by atoms with Gasteiger partial charge in [-0.05, 0) is 32.6 Å². The van der Waals surface area contributed by atoms with Gasteiger partial charge in [-0.25, -0.2) is 4.98 Å². The van der Waals surface area contributed by atoms with Gasteiger partial charge in [-0.2, -0.15) is 0 Å². The molecule has 1 N–H and O–H groups in total. The van der Waals surface area contributed by atoms with E-state index in [-0.39, 0.29) is 0 Å². The van der Waals surface area contributed by atoms with Crippen molar-refractivity contribution in [1.82, 2.24) is 20.2 Å². The Morgan fingerprint density at radius 2 is 1.57 bits per heavy atom. The zero-order chi connectivity index (χ0) is 19.3. The molecule has 2 heterocycles. The average molecular weight is 373 g/mol. The van der Waals surface area contributed by atoms with Gasteiger partial charge in [-0.3, -0.25) is 4.98 Å². The summed E-state index contributed by atoms with van der Waals surface area (Å²) >= 11 is 0. The summed E-state index contributed by atoms with van der Waals surface area (Å²) in [5.41, 5.74) is 3.08. The highest BCUT2D eigenvalue weighted by Crippen LogP contribution is 2.29. The molecule has 144 valence electrons. The SMILES string of the molecule is CCN(CC)CCCNCc1nc2c3ccccc3cnc2c2ccccc12. The number of rotatable bonds is 8. The first-order chi connectivity index (χ1) is 13.8. The average Bonchev–Trinajstić information content (AvgIpc) is 2.76. The van der Waals surface area contributed by atoms with E-state index < -0.39 is 0 Å². The summed E-state index contributed by atoms with van der Waals surface area (Å²) in [6, 6.07) is 16.8. The van der Waals surface area contributed by atoms with Crippen LogP contribution < -0.4 is 5.32 Å². The van der Waals surface area contributed by atoms with Crippen molar-refractivity contribution >= 4 is 32.6 Å². The molecule has 0 amide bonds. The Bertz CT molecular complexity index is 1090. The van der Waals surface area contributed by atoms with Crippen LogP contribution >= 0.6 is 0 Å². The summed E-state index contributed by atoms with van der Waals surface area (Å²) < 4.78 is 0. The number of hydrogen-bond donors (Lipinski definition) is 1. The van der Waals surface area contributed by atoms with E-state index in [9.17, 15) is 0 Å². The van der Waals surface area contributed by atoms with E-state index in [0.29, 0.717) is 0 Å². The van der Waals surface area contributed by atoms with Crippen molar-refractivity contribution < 1.29 is 0 Å². The summed E-state index contributed by atoms with van der Waals surface area (Å²) in [6.45, 7) is 9.60. The fourth-order valence-corrected chi connectivity index (χ4v) is 3.90. The third-order valence-corrected chi connectivity index (χ3v) is 5.53. The van der Waals surface area contributed by atoms with Crippen LogP contribution in [0, 0.1) is 0 Å². The normalized spacial score (nSPS) is 11.8. The lowest BCUT2D eigenvalue weighted by Crippen LogP contribution is -2.27. The largest absolute Gasteiger partial charge is 0.311 e. The van der Waals surface area contributed by atoms with Crippen LogP contribution in [-0.2, 0) is 6.54 Å².